The van der Waals surface area contributed by atoms with Gasteiger partial charge in [-0.2, -0.15) is 0 Å². The zero-order valence-electron chi connectivity index (χ0n) is 12.2. The summed E-state index contributed by atoms with van der Waals surface area (Å²) >= 11 is 0. The van der Waals surface area contributed by atoms with Crippen molar-refractivity contribution in [3.05, 3.63) is 35.1 Å². The highest BCUT2D eigenvalue weighted by atomic mass is 19.1. The number of aryl methyl sites for hydroxylation is 1. The highest BCUT2D eigenvalue weighted by molar-refractivity contribution is 5.75. The number of hydrogen-bond acceptors (Lipinski definition) is 2. The van der Waals surface area contributed by atoms with Gasteiger partial charge >= 0.3 is 5.97 Å². The zero-order chi connectivity index (χ0) is 14.8. The molecular formula is C16H22FNO2. The normalized spacial score (nSPS) is 23.1. The molecule has 1 heterocycles. The summed E-state index contributed by atoms with van der Waals surface area (Å²) in [4.78, 5) is 13.6. The van der Waals surface area contributed by atoms with Crippen molar-refractivity contribution in [2.75, 3.05) is 13.1 Å². The van der Waals surface area contributed by atoms with Crippen molar-refractivity contribution in [3.63, 3.8) is 0 Å². The third kappa shape index (κ3) is 3.01. The summed E-state index contributed by atoms with van der Waals surface area (Å²) in [6, 6.07) is 5.24. The second-order valence-electron chi connectivity index (χ2n) is 5.88. The lowest BCUT2D eigenvalue weighted by Gasteiger charge is -2.24. The van der Waals surface area contributed by atoms with E-state index in [2.05, 4.69) is 4.90 Å². The molecule has 0 spiro atoms. The van der Waals surface area contributed by atoms with Gasteiger partial charge in [0.15, 0.2) is 0 Å². The van der Waals surface area contributed by atoms with E-state index in [9.17, 15) is 14.3 Å². The molecule has 3 nitrogen and oxygen atoms in total. The van der Waals surface area contributed by atoms with Crippen LogP contribution in [0.4, 0.5) is 4.39 Å². The van der Waals surface area contributed by atoms with Crippen molar-refractivity contribution in [2.45, 2.75) is 39.7 Å². The van der Waals surface area contributed by atoms with E-state index in [1.807, 2.05) is 13.0 Å². The van der Waals surface area contributed by atoms with Gasteiger partial charge in [-0.1, -0.05) is 25.5 Å². The van der Waals surface area contributed by atoms with Gasteiger partial charge in [0.05, 0.1) is 5.41 Å². The molecule has 1 unspecified atom stereocenters. The Hall–Kier alpha value is -1.42. The van der Waals surface area contributed by atoms with Crippen LogP contribution in [0, 0.1) is 18.2 Å². The molecule has 1 saturated heterocycles. The number of benzene rings is 1. The van der Waals surface area contributed by atoms with Crippen LogP contribution in [0.1, 0.15) is 37.3 Å². The smallest absolute Gasteiger partial charge is 0.310 e. The summed E-state index contributed by atoms with van der Waals surface area (Å²) in [7, 11) is 0. The molecule has 1 aromatic carbocycles. The van der Waals surface area contributed by atoms with Crippen LogP contribution in [-0.4, -0.2) is 29.1 Å². The SMILES string of the molecule is CCCC1(C(=O)O)CCN(Cc2ccc(C)c(F)c2)C1. The number of hydrogen-bond donors (Lipinski definition) is 1. The minimum absolute atomic E-state index is 0.195. The first-order valence-electron chi connectivity index (χ1n) is 7.17. The minimum atomic E-state index is -0.697. The van der Waals surface area contributed by atoms with Crippen LogP contribution in [-0.2, 0) is 11.3 Å². The summed E-state index contributed by atoms with van der Waals surface area (Å²) < 4.78 is 13.5. The third-order valence-corrected chi connectivity index (χ3v) is 4.26. The average Bonchev–Trinajstić information content (AvgIpc) is 2.79. The van der Waals surface area contributed by atoms with Gasteiger partial charge in [-0.15, -0.1) is 0 Å². The van der Waals surface area contributed by atoms with Crippen LogP contribution >= 0.6 is 0 Å². The standard InChI is InChI=1S/C16H22FNO2/c1-3-6-16(15(19)20)7-8-18(11-16)10-13-5-4-12(2)14(17)9-13/h4-5,9H,3,6-8,10-11H2,1-2H3,(H,19,20). The molecule has 2 rings (SSSR count). The number of carboxylic acids is 1. The predicted molar refractivity (Wildman–Crippen MR) is 76.0 cm³/mol. The van der Waals surface area contributed by atoms with Gasteiger partial charge in [-0.3, -0.25) is 9.69 Å². The van der Waals surface area contributed by atoms with E-state index in [4.69, 9.17) is 0 Å². The Morgan fingerprint density at radius 2 is 2.25 bits per heavy atom. The lowest BCUT2D eigenvalue weighted by Crippen LogP contribution is -2.34. The van der Waals surface area contributed by atoms with E-state index in [1.54, 1.807) is 19.1 Å². The molecule has 0 aliphatic carbocycles. The number of rotatable bonds is 5. The highest BCUT2D eigenvalue weighted by Crippen LogP contribution is 2.36. The number of halogens is 1. The molecule has 0 aromatic heterocycles. The monoisotopic (exact) mass is 279 g/mol. The molecule has 1 aromatic rings. The van der Waals surface area contributed by atoms with Gasteiger partial charge in [0, 0.05) is 13.1 Å². The molecule has 1 aliphatic heterocycles. The summed E-state index contributed by atoms with van der Waals surface area (Å²) in [6.45, 7) is 5.71. The van der Waals surface area contributed by atoms with Crippen LogP contribution in [0.2, 0.25) is 0 Å². The summed E-state index contributed by atoms with van der Waals surface area (Å²) in [5.41, 5.74) is 0.935. The molecule has 1 atom stereocenters. The fourth-order valence-electron chi connectivity index (χ4n) is 3.05. The van der Waals surface area contributed by atoms with Gasteiger partial charge in [0.2, 0.25) is 0 Å². The maximum atomic E-state index is 13.5. The van der Waals surface area contributed by atoms with E-state index in [1.165, 1.54) is 0 Å². The molecule has 0 saturated carbocycles. The molecule has 1 fully saturated rings. The largest absolute Gasteiger partial charge is 0.481 e. The van der Waals surface area contributed by atoms with Crippen LogP contribution in [0.25, 0.3) is 0 Å². The minimum Gasteiger partial charge on any atom is -0.481 e. The van der Waals surface area contributed by atoms with Gasteiger partial charge in [0.25, 0.3) is 0 Å². The number of likely N-dealkylation sites (tertiary alicyclic amines) is 1. The summed E-state index contributed by atoms with van der Waals surface area (Å²) in [5.74, 6) is -0.892. The van der Waals surface area contributed by atoms with E-state index < -0.39 is 11.4 Å². The first kappa shape index (κ1) is 15.0. The first-order valence-corrected chi connectivity index (χ1v) is 7.17. The fraction of sp³-hybridized carbons (Fsp3) is 0.562. The molecule has 4 heteroatoms. The summed E-state index contributed by atoms with van der Waals surface area (Å²) in [6.07, 6.45) is 2.27. The van der Waals surface area contributed by atoms with Crippen molar-refractivity contribution in [1.82, 2.24) is 4.90 Å². The Morgan fingerprint density at radius 1 is 1.50 bits per heavy atom. The molecule has 1 aliphatic rings. The van der Waals surface area contributed by atoms with Crippen molar-refractivity contribution >= 4 is 5.97 Å². The number of carbonyl (C=O) groups is 1. The highest BCUT2D eigenvalue weighted by Gasteiger charge is 2.43. The number of nitrogens with zero attached hydrogens (tertiary/aromatic N) is 1. The third-order valence-electron chi connectivity index (χ3n) is 4.26. The Kier molecular flexibility index (Phi) is 4.43. The van der Waals surface area contributed by atoms with E-state index in [-0.39, 0.29) is 5.82 Å². The van der Waals surface area contributed by atoms with Crippen LogP contribution in [0.3, 0.4) is 0 Å². The Bertz CT molecular complexity index is 503. The van der Waals surface area contributed by atoms with Crippen molar-refractivity contribution < 1.29 is 14.3 Å². The second kappa shape index (κ2) is 5.92. The molecular weight excluding hydrogens is 257 g/mol. The van der Waals surface area contributed by atoms with E-state index >= 15 is 0 Å². The quantitative estimate of drug-likeness (QED) is 0.899. The van der Waals surface area contributed by atoms with Gasteiger partial charge in [0.1, 0.15) is 5.82 Å². The number of carboxylic acid groups (broad SMARTS) is 1. The maximum Gasteiger partial charge on any atom is 0.310 e. The van der Waals surface area contributed by atoms with Gasteiger partial charge < -0.3 is 5.11 Å². The van der Waals surface area contributed by atoms with Gasteiger partial charge in [-0.25, -0.2) is 4.39 Å². The molecule has 0 bridgehead atoms. The molecule has 20 heavy (non-hydrogen) atoms. The van der Waals surface area contributed by atoms with E-state index in [0.717, 1.165) is 18.5 Å². The Morgan fingerprint density at radius 3 is 2.85 bits per heavy atom. The van der Waals surface area contributed by atoms with Crippen molar-refractivity contribution in [2.24, 2.45) is 5.41 Å². The zero-order valence-corrected chi connectivity index (χ0v) is 12.2. The second-order valence-corrected chi connectivity index (χ2v) is 5.88. The molecule has 110 valence electrons. The first-order chi connectivity index (χ1) is 9.47. The number of aliphatic carboxylic acids is 1. The topological polar surface area (TPSA) is 40.5 Å². The average molecular weight is 279 g/mol. The van der Waals surface area contributed by atoms with Crippen LogP contribution in [0.5, 0.6) is 0 Å². The molecule has 1 N–H and O–H groups in total. The lowest BCUT2D eigenvalue weighted by molar-refractivity contribution is -0.148. The van der Waals surface area contributed by atoms with Crippen molar-refractivity contribution in [3.8, 4) is 0 Å². The van der Waals surface area contributed by atoms with E-state index in [0.29, 0.717) is 31.5 Å². The lowest BCUT2D eigenvalue weighted by atomic mass is 9.83. The maximum absolute atomic E-state index is 13.5. The van der Waals surface area contributed by atoms with Crippen LogP contribution < -0.4 is 0 Å². The predicted octanol–water partition coefficient (Wildman–Crippen LogP) is 3.21. The van der Waals surface area contributed by atoms with Gasteiger partial charge in [-0.05, 0) is 43.5 Å². The van der Waals surface area contributed by atoms with Crippen molar-refractivity contribution in [1.29, 1.82) is 0 Å². The Balaban J connectivity index is 2.05. The Labute approximate surface area is 119 Å². The molecule has 0 amide bonds. The van der Waals surface area contributed by atoms with Crippen LogP contribution in [0.15, 0.2) is 18.2 Å². The fourth-order valence-corrected chi connectivity index (χ4v) is 3.05. The summed E-state index contributed by atoms with van der Waals surface area (Å²) in [5, 5.41) is 9.47. The molecule has 0 radical (unpaired) electrons.